The standard InChI is InChI=1S/C30H32N2O/c1-17-13-19(3)27(20(4)14-17)31-23(7)29-25-11-9-10-12-26(25)30(33-29)24(8)32-28-21(5)15-18(2)16-22(28)6/h9-16H,1-8H3. The van der Waals surface area contributed by atoms with Gasteiger partial charge in [-0.25, -0.2) is 9.98 Å². The van der Waals surface area contributed by atoms with Crippen molar-refractivity contribution in [3.8, 4) is 0 Å². The summed E-state index contributed by atoms with van der Waals surface area (Å²) < 4.78 is 6.48. The van der Waals surface area contributed by atoms with Crippen LogP contribution in [0.15, 0.2) is 62.9 Å². The second-order valence-electron chi connectivity index (χ2n) is 9.19. The van der Waals surface area contributed by atoms with Crippen molar-refractivity contribution in [3.63, 3.8) is 0 Å². The van der Waals surface area contributed by atoms with Gasteiger partial charge in [-0.15, -0.1) is 0 Å². The van der Waals surface area contributed by atoms with Gasteiger partial charge in [-0.05, 0) is 77.6 Å². The third-order valence-electron chi connectivity index (χ3n) is 6.11. The maximum absolute atomic E-state index is 6.48. The smallest absolute Gasteiger partial charge is 0.156 e. The second kappa shape index (κ2) is 8.82. The van der Waals surface area contributed by atoms with Gasteiger partial charge in [0.1, 0.15) is 0 Å². The number of hydrogen-bond acceptors (Lipinski definition) is 3. The van der Waals surface area contributed by atoms with E-state index >= 15 is 0 Å². The summed E-state index contributed by atoms with van der Waals surface area (Å²) in [6.07, 6.45) is 0. The number of furan rings is 1. The lowest BCUT2D eigenvalue weighted by atomic mass is 10.0. The molecule has 0 spiro atoms. The number of rotatable bonds is 4. The molecule has 0 N–H and O–H groups in total. The van der Waals surface area contributed by atoms with Crippen LogP contribution >= 0.6 is 0 Å². The Hall–Kier alpha value is -3.46. The number of nitrogens with zero attached hydrogens (tertiary/aromatic N) is 2. The molecule has 0 aliphatic rings. The Bertz CT molecular complexity index is 1280. The van der Waals surface area contributed by atoms with Crippen LogP contribution in [0.2, 0.25) is 0 Å². The van der Waals surface area contributed by atoms with Crippen molar-refractivity contribution in [2.75, 3.05) is 0 Å². The SMILES string of the molecule is CC(=Nc1c(C)cc(C)cc1C)c1oc(C(C)=Nc2c(C)cc(C)cc2C)c2ccccc12. The van der Waals surface area contributed by atoms with Crippen molar-refractivity contribution in [1.29, 1.82) is 0 Å². The molecule has 0 fully saturated rings. The Morgan fingerprint density at radius 2 is 0.909 bits per heavy atom. The fourth-order valence-electron chi connectivity index (χ4n) is 4.76. The summed E-state index contributed by atoms with van der Waals surface area (Å²) in [6, 6.07) is 17.0. The van der Waals surface area contributed by atoms with Gasteiger partial charge in [-0.2, -0.15) is 0 Å². The fourth-order valence-corrected chi connectivity index (χ4v) is 4.76. The van der Waals surface area contributed by atoms with Gasteiger partial charge in [0.15, 0.2) is 11.5 Å². The summed E-state index contributed by atoms with van der Waals surface area (Å²) in [5.41, 5.74) is 10.9. The summed E-state index contributed by atoms with van der Waals surface area (Å²) in [5.74, 6) is 1.60. The van der Waals surface area contributed by atoms with E-state index in [2.05, 4.69) is 77.9 Å². The van der Waals surface area contributed by atoms with E-state index in [-0.39, 0.29) is 0 Å². The van der Waals surface area contributed by atoms with Crippen LogP contribution in [0.5, 0.6) is 0 Å². The minimum atomic E-state index is 0.798. The lowest BCUT2D eigenvalue weighted by molar-refractivity contribution is 0.553. The number of fused-ring (bicyclic) bond motifs is 1. The molecule has 4 rings (SSSR count). The minimum Gasteiger partial charge on any atom is -0.452 e. The third kappa shape index (κ3) is 4.41. The van der Waals surface area contributed by atoms with Crippen molar-refractivity contribution in [3.05, 3.63) is 93.4 Å². The van der Waals surface area contributed by atoms with Crippen LogP contribution in [0.25, 0.3) is 10.8 Å². The number of aliphatic imine (C=N–C) groups is 2. The topological polar surface area (TPSA) is 37.9 Å². The first-order chi connectivity index (χ1) is 15.7. The first kappa shape index (κ1) is 22.7. The van der Waals surface area contributed by atoms with E-state index in [0.717, 1.165) is 45.1 Å². The molecule has 0 unspecified atom stereocenters. The molecule has 1 heterocycles. The number of benzene rings is 3. The summed E-state index contributed by atoms with van der Waals surface area (Å²) in [6.45, 7) is 16.7. The Morgan fingerprint density at radius 3 is 1.24 bits per heavy atom. The van der Waals surface area contributed by atoms with Crippen LogP contribution in [0.3, 0.4) is 0 Å². The molecule has 0 saturated carbocycles. The van der Waals surface area contributed by atoms with E-state index in [1.54, 1.807) is 0 Å². The van der Waals surface area contributed by atoms with Crippen molar-refractivity contribution >= 4 is 33.6 Å². The lowest BCUT2D eigenvalue weighted by Crippen LogP contribution is -1.96. The third-order valence-corrected chi connectivity index (χ3v) is 6.11. The average Bonchev–Trinajstić information content (AvgIpc) is 3.13. The molecule has 168 valence electrons. The van der Waals surface area contributed by atoms with Gasteiger partial charge in [-0.1, -0.05) is 59.7 Å². The van der Waals surface area contributed by atoms with Gasteiger partial charge in [0.2, 0.25) is 0 Å². The quantitative estimate of drug-likeness (QED) is 0.295. The zero-order valence-corrected chi connectivity index (χ0v) is 20.9. The van der Waals surface area contributed by atoms with E-state index in [1.165, 1.54) is 33.4 Å². The van der Waals surface area contributed by atoms with Gasteiger partial charge >= 0.3 is 0 Å². The van der Waals surface area contributed by atoms with E-state index in [4.69, 9.17) is 14.4 Å². The molecule has 0 bridgehead atoms. The molecule has 4 aromatic rings. The molecule has 33 heavy (non-hydrogen) atoms. The van der Waals surface area contributed by atoms with Gasteiger partial charge in [0.25, 0.3) is 0 Å². The Kier molecular flexibility index (Phi) is 6.07. The number of aryl methyl sites for hydroxylation is 6. The van der Waals surface area contributed by atoms with Crippen molar-refractivity contribution in [2.24, 2.45) is 9.98 Å². The van der Waals surface area contributed by atoms with E-state index in [0.29, 0.717) is 0 Å². The second-order valence-corrected chi connectivity index (χ2v) is 9.19. The zero-order chi connectivity index (χ0) is 23.9. The molecule has 0 aliphatic carbocycles. The highest BCUT2D eigenvalue weighted by atomic mass is 16.3. The lowest BCUT2D eigenvalue weighted by Gasteiger charge is -2.08. The summed E-state index contributed by atoms with van der Waals surface area (Å²) >= 11 is 0. The molecule has 1 aromatic heterocycles. The van der Waals surface area contributed by atoms with Gasteiger partial charge in [-0.3, -0.25) is 0 Å². The molecule has 0 atom stereocenters. The predicted octanol–water partition coefficient (Wildman–Crippen LogP) is 8.56. The van der Waals surface area contributed by atoms with Crippen LogP contribution in [0.1, 0.15) is 58.7 Å². The van der Waals surface area contributed by atoms with Crippen LogP contribution in [0, 0.1) is 41.5 Å². The molecule has 0 aliphatic heterocycles. The van der Waals surface area contributed by atoms with Gasteiger partial charge in [0, 0.05) is 10.8 Å². The van der Waals surface area contributed by atoms with E-state index < -0.39 is 0 Å². The summed E-state index contributed by atoms with van der Waals surface area (Å²) in [5, 5.41) is 2.12. The monoisotopic (exact) mass is 436 g/mol. The first-order valence-electron chi connectivity index (χ1n) is 11.4. The molecule has 0 saturated heterocycles. The van der Waals surface area contributed by atoms with Gasteiger partial charge < -0.3 is 4.42 Å². The van der Waals surface area contributed by atoms with Crippen molar-refractivity contribution in [2.45, 2.75) is 55.4 Å². The zero-order valence-electron chi connectivity index (χ0n) is 20.9. The molecular formula is C30H32N2O. The molecule has 3 heteroatoms. The van der Waals surface area contributed by atoms with E-state index in [1.807, 2.05) is 26.0 Å². The predicted molar refractivity (Wildman–Crippen MR) is 141 cm³/mol. The maximum Gasteiger partial charge on any atom is 0.156 e. The highest BCUT2D eigenvalue weighted by Gasteiger charge is 2.18. The highest BCUT2D eigenvalue weighted by Crippen LogP contribution is 2.32. The van der Waals surface area contributed by atoms with Crippen molar-refractivity contribution < 1.29 is 4.42 Å². The van der Waals surface area contributed by atoms with Crippen molar-refractivity contribution in [1.82, 2.24) is 0 Å². The summed E-state index contributed by atoms with van der Waals surface area (Å²) in [4.78, 5) is 9.99. The molecular weight excluding hydrogens is 404 g/mol. The van der Waals surface area contributed by atoms with Crippen LogP contribution in [-0.4, -0.2) is 11.4 Å². The minimum absolute atomic E-state index is 0.798. The highest BCUT2D eigenvalue weighted by molar-refractivity contribution is 6.15. The van der Waals surface area contributed by atoms with Crippen LogP contribution in [0.4, 0.5) is 11.4 Å². The first-order valence-corrected chi connectivity index (χ1v) is 11.4. The van der Waals surface area contributed by atoms with E-state index in [9.17, 15) is 0 Å². The summed E-state index contributed by atoms with van der Waals surface area (Å²) in [7, 11) is 0. The van der Waals surface area contributed by atoms with Crippen LogP contribution in [-0.2, 0) is 0 Å². The maximum atomic E-state index is 6.48. The Balaban J connectivity index is 1.86. The van der Waals surface area contributed by atoms with Crippen LogP contribution < -0.4 is 0 Å². The largest absolute Gasteiger partial charge is 0.452 e. The number of hydrogen-bond donors (Lipinski definition) is 0. The fraction of sp³-hybridized carbons (Fsp3) is 0.267. The molecule has 0 radical (unpaired) electrons. The Morgan fingerprint density at radius 1 is 0.576 bits per heavy atom. The normalized spacial score (nSPS) is 12.6. The molecule has 3 nitrogen and oxygen atoms in total. The average molecular weight is 437 g/mol. The van der Waals surface area contributed by atoms with Gasteiger partial charge in [0.05, 0.1) is 22.8 Å². The molecule has 3 aromatic carbocycles. The Labute approximate surface area is 196 Å². The molecule has 0 amide bonds.